The molecule has 1 fully saturated rings. The van der Waals surface area contributed by atoms with Crippen molar-refractivity contribution < 1.29 is 14.0 Å². The van der Waals surface area contributed by atoms with Crippen molar-refractivity contribution in [1.82, 2.24) is 24.4 Å². The molecule has 3 aromatic rings. The van der Waals surface area contributed by atoms with Gasteiger partial charge in [0.05, 0.1) is 22.5 Å². The maximum Gasteiger partial charge on any atom is 0.516 e. The van der Waals surface area contributed by atoms with E-state index in [4.69, 9.17) is 19.1 Å². The third-order valence-electron chi connectivity index (χ3n) is 7.66. The Bertz CT molecular complexity index is 1240. The van der Waals surface area contributed by atoms with E-state index in [-0.39, 0.29) is 5.92 Å². The number of aromatic nitrogens is 5. The molecule has 1 aliphatic heterocycles. The minimum Gasteiger partial charge on any atom is -0.398 e. The molecule has 0 N–H and O–H groups in total. The van der Waals surface area contributed by atoms with Crippen molar-refractivity contribution in [2.24, 2.45) is 0 Å². The largest absolute Gasteiger partial charge is 0.516 e. The molecule has 196 valence electrons. The summed E-state index contributed by atoms with van der Waals surface area (Å²) in [6.45, 7) is 25.1. The summed E-state index contributed by atoms with van der Waals surface area (Å²) in [6, 6.07) is 1.10. The Balaban J connectivity index is 1.86. The molecule has 0 aliphatic carbocycles. The van der Waals surface area contributed by atoms with Crippen LogP contribution in [-0.2, 0) is 20.8 Å². The van der Waals surface area contributed by atoms with E-state index in [2.05, 4.69) is 91.3 Å². The second-order valence-electron chi connectivity index (χ2n) is 12.6. The van der Waals surface area contributed by atoms with Crippen LogP contribution in [0.2, 0.25) is 25.7 Å². The van der Waals surface area contributed by atoms with Gasteiger partial charge in [0.15, 0.2) is 5.65 Å². The summed E-state index contributed by atoms with van der Waals surface area (Å²) in [5.41, 5.74) is 6.26. The van der Waals surface area contributed by atoms with E-state index in [0.29, 0.717) is 6.73 Å². The van der Waals surface area contributed by atoms with Crippen LogP contribution in [0.5, 0.6) is 0 Å². The van der Waals surface area contributed by atoms with Crippen molar-refractivity contribution in [2.45, 2.75) is 105 Å². The number of fused-ring (bicyclic) bond motifs is 1. The molecule has 0 amide bonds. The third kappa shape index (κ3) is 4.92. The molecule has 10 heteroatoms. The number of ether oxygens (including phenoxy) is 1. The van der Waals surface area contributed by atoms with E-state index in [1.807, 2.05) is 9.20 Å². The maximum atomic E-state index is 6.47. The van der Waals surface area contributed by atoms with Gasteiger partial charge in [-0.1, -0.05) is 33.5 Å². The van der Waals surface area contributed by atoms with Gasteiger partial charge in [-0.15, -0.1) is 0 Å². The van der Waals surface area contributed by atoms with Gasteiger partial charge in [0, 0.05) is 32.0 Å². The van der Waals surface area contributed by atoms with E-state index in [1.165, 1.54) is 0 Å². The van der Waals surface area contributed by atoms with Crippen LogP contribution in [0.4, 0.5) is 0 Å². The second-order valence-corrected chi connectivity index (χ2v) is 18.2. The molecule has 0 radical (unpaired) electrons. The summed E-state index contributed by atoms with van der Waals surface area (Å²) in [6.07, 6.45) is 3.65. The van der Waals surface area contributed by atoms with Gasteiger partial charge in [-0.3, -0.25) is 0 Å². The van der Waals surface area contributed by atoms with Crippen molar-refractivity contribution in [3.63, 3.8) is 0 Å². The fourth-order valence-electron chi connectivity index (χ4n) is 4.54. The average molecular weight is 512 g/mol. The summed E-state index contributed by atoms with van der Waals surface area (Å²) >= 11 is 0. The highest BCUT2D eigenvalue weighted by atomic mass is 28.3. The van der Waals surface area contributed by atoms with E-state index in [0.717, 1.165) is 51.8 Å². The first-order valence-electron chi connectivity index (χ1n) is 13.0. The van der Waals surface area contributed by atoms with E-state index in [9.17, 15) is 0 Å². The summed E-state index contributed by atoms with van der Waals surface area (Å²) in [5.74, 6) is 0.191. The lowest BCUT2D eigenvalue weighted by Crippen LogP contribution is -2.41. The molecule has 0 aromatic carbocycles. The van der Waals surface area contributed by atoms with Gasteiger partial charge in [0.2, 0.25) is 0 Å². The number of hydrogen-bond acceptors (Lipinski definition) is 6. The van der Waals surface area contributed by atoms with Gasteiger partial charge in [-0.05, 0) is 64.6 Å². The Morgan fingerprint density at radius 1 is 1.06 bits per heavy atom. The van der Waals surface area contributed by atoms with Gasteiger partial charge in [-0.2, -0.15) is 10.2 Å². The van der Waals surface area contributed by atoms with Crippen LogP contribution < -0.4 is 5.59 Å². The van der Waals surface area contributed by atoms with Crippen LogP contribution in [0, 0.1) is 13.8 Å². The van der Waals surface area contributed by atoms with Crippen molar-refractivity contribution >= 4 is 26.4 Å². The Hall–Kier alpha value is -2.01. The molecule has 0 bridgehead atoms. The van der Waals surface area contributed by atoms with Crippen LogP contribution in [0.15, 0.2) is 12.5 Å². The standard InChI is InChI=1S/C26H42BN5O3Si/c1-17(2)21-22(20-14-31-24(28-15-29-31)19(4)18(20)3)32(16-33-12-13-36(9,10)11)30-23(21)27-34-25(5,6)26(7,8)35-27/h14-15,17H,12-13,16H2,1-11H3. The molecular weight excluding hydrogens is 469 g/mol. The van der Waals surface area contributed by atoms with Crippen LogP contribution >= 0.6 is 0 Å². The summed E-state index contributed by atoms with van der Waals surface area (Å²) in [5, 5.41) is 9.54. The molecule has 1 aliphatic rings. The smallest absolute Gasteiger partial charge is 0.398 e. The van der Waals surface area contributed by atoms with Crippen LogP contribution in [0.25, 0.3) is 16.9 Å². The monoisotopic (exact) mass is 511 g/mol. The summed E-state index contributed by atoms with van der Waals surface area (Å²) in [7, 11) is -1.75. The first-order valence-corrected chi connectivity index (χ1v) is 16.7. The predicted molar refractivity (Wildman–Crippen MR) is 148 cm³/mol. The minimum absolute atomic E-state index is 0.191. The van der Waals surface area contributed by atoms with E-state index >= 15 is 0 Å². The Morgan fingerprint density at radius 3 is 2.28 bits per heavy atom. The molecule has 1 saturated heterocycles. The molecule has 0 spiro atoms. The summed E-state index contributed by atoms with van der Waals surface area (Å²) < 4.78 is 23.0. The quantitative estimate of drug-likeness (QED) is 0.315. The zero-order valence-electron chi connectivity index (χ0n) is 23.9. The Morgan fingerprint density at radius 2 is 1.69 bits per heavy atom. The average Bonchev–Trinajstić information content (AvgIpc) is 3.41. The normalized spacial score (nSPS) is 17.6. The summed E-state index contributed by atoms with van der Waals surface area (Å²) in [4.78, 5) is 4.45. The number of nitrogens with zero attached hydrogens (tertiary/aromatic N) is 5. The van der Waals surface area contributed by atoms with Crippen LogP contribution in [0.1, 0.15) is 64.2 Å². The van der Waals surface area contributed by atoms with E-state index in [1.54, 1.807) is 6.33 Å². The molecule has 0 atom stereocenters. The highest BCUT2D eigenvalue weighted by Crippen LogP contribution is 2.39. The first-order chi connectivity index (χ1) is 16.6. The predicted octanol–water partition coefficient (Wildman–Crippen LogP) is 4.94. The highest BCUT2D eigenvalue weighted by molar-refractivity contribution is 6.76. The molecule has 4 heterocycles. The zero-order chi connectivity index (χ0) is 26.6. The Labute approximate surface area is 216 Å². The van der Waals surface area contributed by atoms with Gasteiger partial charge >= 0.3 is 7.12 Å². The fourth-order valence-corrected chi connectivity index (χ4v) is 5.30. The lowest BCUT2D eigenvalue weighted by Gasteiger charge is -2.32. The van der Waals surface area contributed by atoms with Crippen molar-refractivity contribution in [1.29, 1.82) is 0 Å². The SMILES string of the molecule is Cc1c(-c2c(C(C)C)c(B3OC(C)(C)C(C)(C)O3)nn2COCC[Si](C)(C)C)cn2ncnc2c1C. The number of hydrogen-bond donors (Lipinski definition) is 0. The molecule has 0 saturated carbocycles. The number of pyridine rings is 1. The van der Waals surface area contributed by atoms with E-state index < -0.39 is 26.4 Å². The Kier molecular flexibility index (Phi) is 7.05. The van der Waals surface area contributed by atoms with Crippen LogP contribution in [-0.4, -0.2) is 57.4 Å². The number of aryl methyl sites for hydroxylation is 1. The topological polar surface area (TPSA) is 75.7 Å². The molecule has 3 aromatic heterocycles. The van der Waals surface area contributed by atoms with Gasteiger partial charge in [0.1, 0.15) is 13.1 Å². The van der Waals surface area contributed by atoms with Gasteiger partial charge in [-0.25, -0.2) is 14.2 Å². The first kappa shape index (κ1) is 27.0. The molecule has 8 nitrogen and oxygen atoms in total. The lowest BCUT2D eigenvalue weighted by molar-refractivity contribution is 0.00578. The lowest BCUT2D eigenvalue weighted by atomic mass is 9.77. The molecule has 4 rings (SSSR count). The molecule has 36 heavy (non-hydrogen) atoms. The fraction of sp³-hybridized carbons (Fsp3) is 0.654. The number of rotatable bonds is 8. The maximum absolute atomic E-state index is 6.47. The molecule has 0 unspecified atom stereocenters. The van der Waals surface area contributed by atoms with Gasteiger partial charge in [0.25, 0.3) is 0 Å². The minimum atomic E-state index is -1.20. The zero-order valence-corrected chi connectivity index (χ0v) is 24.9. The third-order valence-corrected chi connectivity index (χ3v) is 9.37. The molecular formula is C26H42BN5O3Si. The van der Waals surface area contributed by atoms with Crippen LogP contribution in [0.3, 0.4) is 0 Å². The second kappa shape index (κ2) is 9.38. The van der Waals surface area contributed by atoms with Crippen molar-refractivity contribution in [3.05, 3.63) is 29.2 Å². The van der Waals surface area contributed by atoms with Crippen molar-refractivity contribution in [3.8, 4) is 11.3 Å². The highest BCUT2D eigenvalue weighted by Gasteiger charge is 2.54. The van der Waals surface area contributed by atoms with Gasteiger partial charge < -0.3 is 14.0 Å². The van der Waals surface area contributed by atoms with Crippen molar-refractivity contribution in [2.75, 3.05) is 6.61 Å².